The van der Waals surface area contributed by atoms with E-state index in [2.05, 4.69) is 33.8 Å². The number of allylic oxidation sites excluding steroid dienone is 2. The zero-order valence-electron chi connectivity index (χ0n) is 21.3. The summed E-state index contributed by atoms with van der Waals surface area (Å²) in [5.74, 6) is 3.68. The fourth-order valence-corrected chi connectivity index (χ4v) is 8.62. The van der Waals surface area contributed by atoms with Crippen LogP contribution in [0.3, 0.4) is 0 Å². The molecule has 8 atom stereocenters. The summed E-state index contributed by atoms with van der Waals surface area (Å²) in [5.41, 5.74) is 1.64. The quantitative estimate of drug-likeness (QED) is 0.434. The summed E-state index contributed by atoms with van der Waals surface area (Å²) in [5, 5.41) is 21.5. The summed E-state index contributed by atoms with van der Waals surface area (Å²) in [4.78, 5) is 0. The first-order valence-electron chi connectivity index (χ1n) is 13.6. The van der Waals surface area contributed by atoms with Gasteiger partial charge in [0.05, 0.1) is 11.2 Å². The number of aliphatic hydroxyl groups is 2. The summed E-state index contributed by atoms with van der Waals surface area (Å²) in [7, 11) is 0. The van der Waals surface area contributed by atoms with Crippen LogP contribution >= 0.6 is 0 Å². The van der Waals surface area contributed by atoms with Gasteiger partial charge >= 0.3 is 0 Å². The number of hydrogen-bond donors (Lipinski definition) is 2. The molecule has 0 aromatic heterocycles. The van der Waals surface area contributed by atoms with E-state index in [1.807, 2.05) is 19.4 Å². The van der Waals surface area contributed by atoms with Crippen LogP contribution in [0.1, 0.15) is 119 Å². The van der Waals surface area contributed by atoms with E-state index in [-0.39, 0.29) is 0 Å². The minimum atomic E-state index is -0.550. The lowest BCUT2D eigenvalue weighted by Crippen LogP contribution is -2.54. The van der Waals surface area contributed by atoms with Crippen molar-refractivity contribution in [2.45, 2.75) is 130 Å². The molecule has 0 saturated heterocycles. The standard InChI is InChI=1S/C29H50O2/c1-7-29(31)17-16-28(6)21(19-29)18-22(20(2)10-8-13-26(3,4)30)25-23-11-9-14-27(23,5)15-12-24(25)28/h12,20-23,25,30-31H,7-11,13-19H2,1-6H3/t20-,21+,22?,23+,25+,27-,28+,29+/m1/s1. The van der Waals surface area contributed by atoms with Crippen LogP contribution in [0.5, 0.6) is 0 Å². The molecule has 0 spiro atoms. The highest BCUT2D eigenvalue weighted by atomic mass is 16.3. The average Bonchev–Trinajstić information content (AvgIpc) is 3.09. The van der Waals surface area contributed by atoms with Crippen LogP contribution in [-0.4, -0.2) is 21.4 Å². The molecular formula is C29H50O2. The first-order valence-corrected chi connectivity index (χ1v) is 13.6. The Morgan fingerprint density at radius 3 is 2.61 bits per heavy atom. The lowest BCUT2D eigenvalue weighted by atomic mass is 9.44. The molecule has 0 bridgehead atoms. The van der Waals surface area contributed by atoms with Crippen molar-refractivity contribution in [3.8, 4) is 0 Å². The largest absolute Gasteiger partial charge is 0.390 e. The molecule has 4 rings (SSSR count). The molecule has 178 valence electrons. The fraction of sp³-hybridized carbons (Fsp3) is 0.931. The van der Waals surface area contributed by atoms with Crippen LogP contribution in [-0.2, 0) is 0 Å². The SMILES string of the molecule is CC[C@]1(O)CC[C@]2(C)C3=CC[C@@]4(C)CCC[C@H]4[C@@H]3C([C@H](C)CCCC(C)(C)O)C[C@H]2C1. The van der Waals surface area contributed by atoms with E-state index in [9.17, 15) is 10.2 Å². The van der Waals surface area contributed by atoms with Gasteiger partial charge in [0.1, 0.15) is 0 Å². The Kier molecular flexibility index (Phi) is 6.26. The smallest absolute Gasteiger partial charge is 0.0648 e. The van der Waals surface area contributed by atoms with Gasteiger partial charge in [0, 0.05) is 0 Å². The maximum atomic E-state index is 11.2. The van der Waals surface area contributed by atoms with Crippen LogP contribution in [0.25, 0.3) is 0 Å². The Labute approximate surface area is 192 Å². The van der Waals surface area contributed by atoms with E-state index < -0.39 is 11.2 Å². The zero-order valence-corrected chi connectivity index (χ0v) is 21.3. The second kappa shape index (κ2) is 8.15. The van der Waals surface area contributed by atoms with E-state index in [1.54, 1.807) is 0 Å². The molecule has 4 aliphatic rings. The maximum absolute atomic E-state index is 11.2. The molecular weight excluding hydrogens is 380 g/mol. The average molecular weight is 431 g/mol. The first-order chi connectivity index (χ1) is 14.4. The van der Waals surface area contributed by atoms with Crippen LogP contribution in [0.15, 0.2) is 11.6 Å². The van der Waals surface area contributed by atoms with Crippen molar-refractivity contribution in [2.75, 3.05) is 0 Å². The van der Waals surface area contributed by atoms with Crippen LogP contribution in [0.2, 0.25) is 0 Å². The van der Waals surface area contributed by atoms with Gasteiger partial charge < -0.3 is 10.2 Å². The minimum absolute atomic E-state index is 0.305. The Hall–Kier alpha value is -0.340. The Balaban J connectivity index is 1.63. The summed E-state index contributed by atoms with van der Waals surface area (Å²) in [6.45, 7) is 13.7. The zero-order chi connectivity index (χ0) is 22.7. The van der Waals surface area contributed by atoms with Crippen molar-refractivity contribution < 1.29 is 10.2 Å². The molecule has 0 aromatic carbocycles. The molecule has 2 nitrogen and oxygen atoms in total. The van der Waals surface area contributed by atoms with Gasteiger partial charge in [-0.15, -0.1) is 0 Å². The van der Waals surface area contributed by atoms with E-state index in [1.165, 1.54) is 44.9 Å². The number of fused-ring (bicyclic) bond motifs is 5. The molecule has 31 heavy (non-hydrogen) atoms. The van der Waals surface area contributed by atoms with Gasteiger partial charge in [-0.1, -0.05) is 58.6 Å². The monoisotopic (exact) mass is 430 g/mol. The van der Waals surface area contributed by atoms with E-state index in [0.29, 0.717) is 22.7 Å². The number of rotatable bonds is 6. The highest BCUT2D eigenvalue weighted by Gasteiger charge is 2.59. The normalized spacial score (nSPS) is 46.0. The molecule has 0 aliphatic heterocycles. The number of hydrogen-bond acceptors (Lipinski definition) is 2. The first kappa shape index (κ1) is 23.8. The Bertz CT molecular complexity index is 689. The van der Waals surface area contributed by atoms with Gasteiger partial charge in [0.15, 0.2) is 0 Å². The highest BCUT2D eigenvalue weighted by molar-refractivity contribution is 5.30. The second-order valence-electron chi connectivity index (χ2n) is 13.5. The maximum Gasteiger partial charge on any atom is 0.0648 e. The van der Waals surface area contributed by atoms with Gasteiger partial charge in [0.2, 0.25) is 0 Å². The lowest BCUT2D eigenvalue weighted by molar-refractivity contribution is -0.0933. The Morgan fingerprint density at radius 2 is 1.94 bits per heavy atom. The van der Waals surface area contributed by atoms with E-state index in [0.717, 1.165) is 49.9 Å². The summed E-state index contributed by atoms with van der Waals surface area (Å²) < 4.78 is 0. The predicted octanol–water partition coefficient (Wildman–Crippen LogP) is 7.28. The topological polar surface area (TPSA) is 40.5 Å². The molecule has 3 saturated carbocycles. The summed E-state index contributed by atoms with van der Waals surface area (Å²) in [6, 6.07) is 0. The third-order valence-electron chi connectivity index (χ3n) is 10.9. The molecule has 0 aromatic rings. The van der Waals surface area contributed by atoms with Crippen LogP contribution in [0.4, 0.5) is 0 Å². The van der Waals surface area contributed by atoms with Gasteiger partial charge in [-0.25, -0.2) is 0 Å². The van der Waals surface area contributed by atoms with E-state index >= 15 is 0 Å². The molecule has 0 heterocycles. The third kappa shape index (κ3) is 4.30. The second-order valence-corrected chi connectivity index (χ2v) is 13.5. The van der Waals surface area contributed by atoms with Crippen molar-refractivity contribution in [3.63, 3.8) is 0 Å². The van der Waals surface area contributed by atoms with Crippen molar-refractivity contribution in [3.05, 3.63) is 11.6 Å². The molecule has 1 unspecified atom stereocenters. The van der Waals surface area contributed by atoms with Gasteiger partial charge in [0.25, 0.3) is 0 Å². The molecule has 2 N–H and O–H groups in total. The van der Waals surface area contributed by atoms with Crippen molar-refractivity contribution in [1.82, 2.24) is 0 Å². The van der Waals surface area contributed by atoms with Crippen LogP contribution in [0, 0.1) is 40.4 Å². The van der Waals surface area contributed by atoms with Gasteiger partial charge in [-0.05, 0) is 112 Å². The molecule has 0 radical (unpaired) electrons. The Morgan fingerprint density at radius 1 is 1.19 bits per heavy atom. The molecule has 0 amide bonds. The lowest BCUT2D eigenvalue weighted by Gasteiger charge is -2.61. The molecule has 3 fully saturated rings. The fourth-order valence-electron chi connectivity index (χ4n) is 8.62. The van der Waals surface area contributed by atoms with Gasteiger partial charge in [-0.3, -0.25) is 0 Å². The summed E-state index contributed by atoms with van der Waals surface area (Å²) in [6.07, 6.45) is 16.8. The third-order valence-corrected chi connectivity index (χ3v) is 10.9. The van der Waals surface area contributed by atoms with Crippen molar-refractivity contribution in [1.29, 1.82) is 0 Å². The van der Waals surface area contributed by atoms with Gasteiger partial charge in [-0.2, -0.15) is 0 Å². The van der Waals surface area contributed by atoms with Crippen molar-refractivity contribution >= 4 is 0 Å². The predicted molar refractivity (Wildman–Crippen MR) is 130 cm³/mol. The van der Waals surface area contributed by atoms with Crippen LogP contribution < -0.4 is 0 Å². The molecule has 2 heteroatoms. The summed E-state index contributed by atoms with van der Waals surface area (Å²) >= 11 is 0. The highest BCUT2D eigenvalue weighted by Crippen LogP contribution is 2.67. The minimum Gasteiger partial charge on any atom is -0.390 e. The van der Waals surface area contributed by atoms with E-state index in [4.69, 9.17) is 0 Å². The molecule has 4 aliphatic carbocycles. The van der Waals surface area contributed by atoms with Crippen molar-refractivity contribution in [2.24, 2.45) is 40.4 Å².